The molecule has 1 aromatic carbocycles. The molecular formula is C12H16N2O3. The van der Waals surface area contributed by atoms with Crippen LogP contribution in [0.1, 0.15) is 12.5 Å². The summed E-state index contributed by atoms with van der Waals surface area (Å²) in [6.07, 6.45) is 0. The second kappa shape index (κ2) is 6.65. The lowest BCUT2D eigenvalue weighted by atomic mass is 10.2. The van der Waals surface area contributed by atoms with Gasteiger partial charge >= 0.3 is 5.97 Å². The molecule has 0 aliphatic rings. The van der Waals surface area contributed by atoms with Crippen molar-refractivity contribution in [3.63, 3.8) is 0 Å². The van der Waals surface area contributed by atoms with Crippen LogP contribution in [0.3, 0.4) is 0 Å². The zero-order valence-electron chi connectivity index (χ0n) is 9.68. The van der Waals surface area contributed by atoms with Crippen LogP contribution in [-0.2, 0) is 20.9 Å². The molecule has 92 valence electrons. The molecule has 1 unspecified atom stereocenters. The van der Waals surface area contributed by atoms with Crippen molar-refractivity contribution in [2.75, 3.05) is 6.54 Å². The normalized spacial score (nSPS) is 11.6. The summed E-state index contributed by atoms with van der Waals surface area (Å²) >= 11 is 0. The minimum atomic E-state index is -0.628. The van der Waals surface area contributed by atoms with Gasteiger partial charge in [0.2, 0.25) is 5.91 Å². The molecule has 0 aromatic heterocycles. The standard InChI is InChI=1S/C12H16N2O3/c1-9(13)12(16)14-7-11(15)17-8-10-5-3-2-4-6-10/h2-6,9H,7-8,13H2,1H3,(H,14,16). The van der Waals surface area contributed by atoms with E-state index in [0.717, 1.165) is 5.56 Å². The van der Waals surface area contributed by atoms with E-state index in [4.69, 9.17) is 10.5 Å². The predicted octanol–water partition coefficient (Wildman–Crippen LogP) is 0.193. The van der Waals surface area contributed by atoms with Crippen LogP contribution in [0.2, 0.25) is 0 Å². The molecule has 1 atom stereocenters. The van der Waals surface area contributed by atoms with E-state index in [1.54, 1.807) is 6.92 Å². The number of hydrogen-bond acceptors (Lipinski definition) is 4. The molecule has 1 aromatic rings. The number of esters is 1. The molecule has 0 saturated carbocycles. The van der Waals surface area contributed by atoms with Gasteiger partial charge in [-0.25, -0.2) is 0 Å². The molecule has 0 spiro atoms. The summed E-state index contributed by atoms with van der Waals surface area (Å²) in [7, 11) is 0. The molecule has 0 aliphatic carbocycles. The maximum Gasteiger partial charge on any atom is 0.325 e. The van der Waals surface area contributed by atoms with E-state index in [0.29, 0.717) is 0 Å². The lowest BCUT2D eigenvalue weighted by Crippen LogP contribution is -2.41. The van der Waals surface area contributed by atoms with Crippen LogP contribution in [0.25, 0.3) is 0 Å². The summed E-state index contributed by atoms with van der Waals surface area (Å²) < 4.78 is 4.96. The maximum absolute atomic E-state index is 11.3. The number of nitrogens with two attached hydrogens (primary N) is 1. The monoisotopic (exact) mass is 236 g/mol. The fourth-order valence-electron chi connectivity index (χ4n) is 1.11. The van der Waals surface area contributed by atoms with Crippen molar-refractivity contribution in [2.45, 2.75) is 19.6 Å². The van der Waals surface area contributed by atoms with Crippen LogP contribution in [0.4, 0.5) is 0 Å². The van der Waals surface area contributed by atoms with Crippen LogP contribution >= 0.6 is 0 Å². The van der Waals surface area contributed by atoms with Gasteiger partial charge in [0.15, 0.2) is 0 Å². The molecule has 0 fully saturated rings. The number of rotatable bonds is 5. The summed E-state index contributed by atoms with van der Waals surface area (Å²) in [5.74, 6) is -0.857. The average Bonchev–Trinajstić information content (AvgIpc) is 2.34. The Balaban J connectivity index is 2.24. The van der Waals surface area contributed by atoms with Crippen molar-refractivity contribution in [2.24, 2.45) is 5.73 Å². The van der Waals surface area contributed by atoms with Gasteiger partial charge in [0.25, 0.3) is 0 Å². The second-order valence-electron chi connectivity index (χ2n) is 3.65. The number of ether oxygens (including phenoxy) is 1. The van der Waals surface area contributed by atoms with E-state index in [2.05, 4.69) is 5.32 Å². The van der Waals surface area contributed by atoms with Gasteiger partial charge in [-0.05, 0) is 12.5 Å². The number of amides is 1. The summed E-state index contributed by atoms with van der Waals surface area (Å²) in [5, 5.41) is 2.38. The van der Waals surface area contributed by atoms with Crippen LogP contribution in [0.15, 0.2) is 30.3 Å². The Bertz CT molecular complexity index is 377. The van der Waals surface area contributed by atoms with Gasteiger partial charge in [0.05, 0.1) is 6.04 Å². The molecule has 0 saturated heterocycles. The first kappa shape index (κ1) is 13.2. The van der Waals surface area contributed by atoms with Gasteiger partial charge < -0.3 is 15.8 Å². The third-order valence-corrected chi connectivity index (χ3v) is 2.06. The smallest absolute Gasteiger partial charge is 0.325 e. The molecule has 17 heavy (non-hydrogen) atoms. The first-order valence-corrected chi connectivity index (χ1v) is 5.32. The quantitative estimate of drug-likeness (QED) is 0.715. The van der Waals surface area contributed by atoms with Crippen molar-refractivity contribution in [3.05, 3.63) is 35.9 Å². The summed E-state index contributed by atoms with van der Waals surface area (Å²) in [5.41, 5.74) is 6.23. The van der Waals surface area contributed by atoms with Crippen molar-refractivity contribution in [1.29, 1.82) is 0 Å². The Hall–Kier alpha value is -1.88. The number of hydrogen-bond donors (Lipinski definition) is 2. The molecule has 3 N–H and O–H groups in total. The zero-order chi connectivity index (χ0) is 12.7. The van der Waals surface area contributed by atoms with Crippen LogP contribution < -0.4 is 11.1 Å². The van der Waals surface area contributed by atoms with E-state index < -0.39 is 12.0 Å². The zero-order valence-corrected chi connectivity index (χ0v) is 9.68. The van der Waals surface area contributed by atoms with E-state index in [9.17, 15) is 9.59 Å². The third-order valence-electron chi connectivity index (χ3n) is 2.06. The number of benzene rings is 1. The Labute approximate surface area is 99.9 Å². The predicted molar refractivity (Wildman–Crippen MR) is 62.9 cm³/mol. The SMILES string of the molecule is CC(N)C(=O)NCC(=O)OCc1ccccc1. The van der Waals surface area contributed by atoms with Crippen LogP contribution in [0, 0.1) is 0 Å². The molecule has 5 nitrogen and oxygen atoms in total. The van der Waals surface area contributed by atoms with Gasteiger partial charge in [-0.15, -0.1) is 0 Å². The summed E-state index contributed by atoms with van der Waals surface area (Å²) in [6, 6.07) is 8.69. The second-order valence-corrected chi connectivity index (χ2v) is 3.65. The van der Waals surface area contributed by atoms with E-state index in [1.807, 2.05) is 30.3 Å². The largest absolute Gasteiger partial charge is 0.460 e. The Morgan fingerprint density at radius 3 is 2.59 bits per heavy atom. The number of carbonyl (C=O) groups excluding carboxylic acids is 2. The van der Waals surface area contributed by atoms with E-state index >= 15 is 0 Å². The molecule has 1 rings (SSSR count). The molecule has 5 heteroatoms. The van der Waals surface area contributed by atoms with E-state index in [1.165, 1.54) is 0 Å². The lowest BCUT2D eigenvalue weighted by molar-refractivity contribution is -0.145. The topological polar surface area (TPSA) is 81.4 Å². The number of carbonyl (C=O) groups is 2. The van der Waals surface area contributed by atoms with Gasteiger partial charge in [-0.3, -0.25) is 9.59 Å². The highest BCUT2D eigenvalue weighted by Gasteiger charge is 2.09. The summed E-state index contributed by atoms with van der Waals surface area (Å²) in [6.45, 7) is 1.59. The van der Waals surface area contributed by atoms with Crippen molar-refractivity contribution < 1.29 is 14.3 Å². The fourth-order valence-corrected chi connectivity index (χ4v) is 1.11. The minimum absolute atomic E-state index is 0.160. The van der Waals surface area contributed by atoms with Crippen molar-refractivity contribution in [1.82, 2.24) is 5.32 Å². The van der Waals surface area contributed by atoms with Gasteiger partial charge in [-0.2, -0.15) is 0 Å². The van der Waals surface area contributed by atoms with Gasteiger partial charge in [-0.1, -0.05) is 30.3 Å². The molecule has 1 amide bonds. The average molecular weight is 236 g/mol. The highest BCUT2D eigenvalue weighted by Crippen LogP contribution is 2.00. The van der Waals surface area contributed by atoms with Gasteiger partial charge in [0.1, 0.15) is 13.2 Å². The first-order chi connectivity index (χ1) is 8.09. The Morgan fingerprint density at radius 1 is 1.35 bits per heavy atom. The highest BCUT2D eigenvalue weighted by molar-refractivity contribution is 5.85. The van der Waals surface area contributed by atoms with Crippen molar-refractivity contribution in [3.8, 4) is 0 Å². The molecule has 0 radical (unpaired) electrons. The first-order valence-electron chi connectivity index (χ1n) is 5.32. The number of nitrogens with one attached hydrogen (secondary N) is 1. The molecule has 0 heterocycles. The van der Waals surface area contributed by atoms with Crippen molar-refractivity contribution >= 4 is 11.9 Å². The van der Waals surface area contributed by atoms with E-state index in [-0.39, 0.29) is 19.1 Å². The summed E-state index contributed by atoms with van der Waals surface area (Å²) in [4.78, 5) is 22.3. The third kappa shape index (κ3) is 5.12. The Kier molecular flexibility index (Phi) is 5.16. The fraction of sp³-hybridized carbons (Fsp3) is 0.333. The van der Waals surface area contributed by atoms with Crippen LogP contribution in [-0.4, -0.2) is 24.5 Å². The maximum atomic E-state index is 11.3. The van der Waals surface area contributed by atoms with Gasteiger partial charge in [0, 0.05) is 0 Å². The Morgan fingerprint density at radius 2 is 2.00 bits per heavy atom. The molecular weight excluding hydrogens is 220 g/mol. The van der Waals surface area contributed by atoms with Crippen LogP contribution in [0.5, 0.6) is 0 Å². The minimum Gasteiger partial charge on any atom is -0.460 e. The highest BCUT2D eigenvalue weighted by atomic mass is 16.5. The lowest BCUT2D eigenvalue weighted by Gasteiger charge is -2.08. The molecule has 0 aliphatic heterocycles. The molecule has 0 bridgehead atoms.